The van der Waals surface area contributed by atoms with Crippen molar-refractivity contribution in [1.29, 1.82) is 0 Å². The minimum Gasteiger partial charge on any atom is -0.479 e. The topological polar surface area (TPSA) is 116 Å². The van der Waals surface area contributed by atoms with Gasteiger partial charge in [0.05, 0.1) is 12.3 Å². The zero-order valence-electron chi connectivity index (χ0n) is 8.87. The van der Waals surface area contributed by atoms with Crippen LogP contribution in [-0.2, 0) is 14.4 Å². The van der Waals surface area contributed by atoms with Crippen LogP contribution in [0.2, 0.25) is 0 Å². The summed E-state index contributed by atoms with van der Waals surface area (Å²) in [5, 5.41) is 18.8. The van der Waals surface area contributed by atoms with E-state index in [0.717, 1.165) is 0 Å². The van der Waals surface area contributed by atoms with Crippen molar-refractivity contribution < 1.29 is 24.6 Å². The summed E-state index contributed by atoms with van der Waals surface area (Å²) in [7, 11) is 0. The van der Waals surface area contributed by atoms with Gasteiger partial charge in [-0.15, -0.1) is 0 Å². The Balaban J connectivity index is 5.22. The van der Waals surface area contributed by atoms with Gasteiger partial charge in [0.2, 0.25) is 11.8 Å². The highest BCUT2D eigenvalue weighted by molar-refractivity contribution is 6.22. The second-order valence-corrected chi connectivity index (χ2v) is 3.72. The van der Waals surface area contributed by atoms with Crippen molar-refractivity contribution in [3.05, 3.63) is 0 Å². The summed E-state index contributed by atoms with van der Waals surface area (Å²) < 4.78 is 0. The predicted molar refractivity (Wildman–Crippen MR) is 59.0 cm³/mol. The number of carboxylic acids is 1. The second kappa shape index (κ2) is 6.63. The van der Waals surface area contributed by atoms with Gasteiger partial charge in [-0.2, -0.15) is 0 Å². The van der Waals surface area contributed by atoms with Crippen molar-refractivity contribution in [2.45, 2.75) is 25.4 Å². The molecule has 0 spiro atoms. The van der Waals surface area contributed by atoms with Gasteiger partial charge in [-0.1, -0.05) is 6.92 Å². The number of carbonyl (C=O) groups is 3. The maximum absolute atomic E-state index is 11.3. The first-order chi connectivity index (χ1) is 7.83. The van der Waals surface area contributed by atoms with E-state index in [2.05, 4.69) is 0 Å². The molecule has 0 saturated heterocycles. The number of nitrogens with one attached hydrogen (secondary N) is 2. The zero-order chi connectivity index (χ0) is 13.6. The normalized spacial score (nSPS) is 15.5. The highest BCUT2D eigenvalue weighted by Gasteiger charge is 2.48. The lowest BCUT2D eigenvalue weighted by Gasteiger charge is -2.29. The third-order valence-electron chi connectivity index (χ3n) is 2.30. The summed E-state index contributed by atoms with van der Waals surface area (Å²) in [5.41, 5.74) is -2.56. The predicted octanol–water partition coefficient (Wildman–Crippen LogP) is -0.242. The lowest BCUT2D eigenvalue weighted by molar-refractivity contribution is -0.171. The molecule has 0 bridgehead atoms. The first kappa shape index (κ1) is 16.0. The van der Waals surface area contributed by atoms with Gasteiger partial charge in [-0.25, -0.2) is 4.79 Å². The summed E-state index contributed by atoms with van der Waals surface area (Å²) in [5.74, 6) is -4.88. The lowest BCUT2D eigenvalue weighted by Crippen LogP contribution is -2.53. The first-order valence-electron chi connectivity index (χ1n) is 4.59. The number of rotatable bonds is 6. The van der Waals surface area contributed by atoms with Gasteiger partial charge in [0.1, 0.15) is 0 Å². The van der Waals surface area contributed by atoms with E-state index in [1.54, 1.807) is 9.67 Å². The van der Waals surface area contributed by atoms with Gasteiger partial charge in [0, 0.05) is 23.6 Å². The third kappa shape index (κ3) is 3.72. The van der Waals surface area contributed by atoms with E-state index >= 15 is 0 Å². The van der Waals surface area contributed by atoms with Crippen LogP contribution in [0, 0.1) is 5.92 Å². The fourth-order valence-corrected chi connectivity index (χ4v) is 1.63. The molecule has 0 rings (SSSR count). The van der Waals surface area contributed by atoms with Crippen molar-refractivity contribution in [1.82, 2.24) is 9.67 Å². The van der Waals surface area contributed by atoms with Crippen molar-refractivity contribution >= 4 is 41.3 Å². The molecule has 0 radical (unpaired) electrons. The Kier molecular flexibility index (Phi) is 6.22. The molecule has 0 heterocycles. The Morgan fingerprint density at radius 2 is 1.82 bits per heavy atom. The smallest absolute Gasteiger partial charge is 0.337 e. The molecular weight excluding hydrogens is 275 g/mol. The Labute approximate surface area is 107 Å². The molecule has 0 saturated carbocycles. The molecule has 2 amide bonds. The fraction of sp³-hybridized carbons (Fsp3) is 0.625. The molecule has 17 heavy (non-hydrogen) atoms. The van der Waals surface area contributed by atoms with E-state index in [9.17, 15) is 19.5 Å². The van der Waals surface area contributed by atoms with Crippen molar-refractivity contribution in [2.75, 3.05) is 0 Å². The number of carboxylic acid groups (broad SMARTS) is 1. The van der Waals surface area contributed by atoms with Gasteiger partial charge in [0.15, 0.2) is 5.60 Å². The summed E-state index contributed by atoms with van der Waals surface area (Å²) in [6.45, 7) is 1.48. The molecule has 4 N–H and O–H groups in total. The Morgan fingerprint density at radius 1 is 1.29 bits per heavy atom. The van der Waals surface area contributed by atoms with E-state index in [1.165, 1.54) is 6.92 Å². The van der Waals surface area contributed by atoms with E-state index < -0.39 is 35.7 Å². The van der Waals surface area contributed by atoms with E-state index in [0.29, 0.717) is 0 Å². The Bertz CT molecular complexity index is 325. The standard InChI is InChI=1S/C8H12Cl2N2O5/c1-2-4(6(14)12-10)8(17,7(15)16)3-5(13)11-9/h4,17H,2-3H2,1H3,(H,11,13)(H,12,14)(H,15,16). The lowest BCUT2D eigenvalue weighted by atomic mass is 9.82. The minimum atomic E-state index is -2.56. The van der Waals surface area contributed by atoms with E-state index in [1.807, 2.05) is 0 Å². The number of carbonyl (C=O) groups excluding carboxylic acids is 2. The maximum Gasteiger partial charge on any atom is 0.337 e. The van der Waals surface area contributed by atoms with Crippen LogP contribution in [0.4, 0.5) is 0 Å². The summed E-state index contributed by atoms with van der Waals surface area (Å²) >= 11 is 10.1. The van der Waals surface area contributed by atoms with Crippen molar-refractivity contribution in [3.63, 3.8) is 0 Å². The SMILES string of the molecule is CCC(C(=O)NCl)C(O)(CC(=O)NCl)C(=O)O. The molecule has 9 heteroatoms. The van der Waals surface area contributed by atoms with Crippen LogP contribution in [0.3, 0.4) is 0 Å². The molecule has 0 aromatic carbocycles. The van der Waals surface area contributed by atoms with Crippen molar-refractivity contribution in [2.24, 2.45) is 5.92 Å². The van der Waals surface area contributed by atoms with Gasteiger partial charge in [-0.05, 0) is 6.42 Å². The van der Waals surface area contributed by atoms with Crippen LogP contribution in [0.5, 0.6) is 0 Å². The number of halogens is 2. The van der Waals surface area contributed by atoms with Crippen LogP contribution < -0.4 is 9.67 Å². The molecule has 0 aromatic heterocycles. The molecule has 98 valence electrons. The number of amides is 2. The third-order valence-corrected chi connectivity index (χ3v) is 2.70. The zero-order valence-corrected chi connectivity index (χ0v) is 10.4. The first-order valence-corrected chi connectivity index (χ1v) is 5.34. The molecule has 0 aliphatic heterocycles. The van der Waals surface area contributed by atoms with Gasteiger partial charge < -0.3 is 10.2 Å². The molecule has 7 nitrogen and oxygen atoms in total. The summed E-state index contributed by atoms with van der Waals surface area (Å²) in [4.78, 5) is 36.7. The summed E-state index contributed by atoms with van der Waals surface area (Å²) in [6.07, 6.45) is -0.869. The molecule has 0 aliphatic carbocycles. The average molecular weight is 287 g/mol. The van der Waals surface area contributed by atoms with E-state index in [4.69, 9.17) is 28.7 Å². The van der Waals surface area contributed by atoms with Crippen LogP contribution in [-0.4, -0.2) is 33.6 Å². The van der Waals surface area contributed by atoms with Gasteiger partial charge in [-0.3, -0.25) is 19.3 Å². The highest BCUT2D eigenvalue weighted by Crippen LogP contribution is 2.26. The van der Waals surface area contributed by atoms with Crippen molar-refractivity contribution in [3.8, 4) is 0 Å². The molecule has 2 unspecified atom stereocenters. The van der Waals surface area contributed by atoms with E-state index in [-0.39, 0.29) is 6.42 Å². The highest BCUT2D eigenvalue weighted by atomic mass is 35.5. The molecule has 0 fully saturated rings. The number of aliphatic carboxylic acids is 1. The maximum atomic E-state index is 11.3. The molecule has 0 aromatic rings. The van der Waals surface area contributed by atoms with Gasteiger partial charge in [0.25, 0.3) is 0 Å². The minimum absolute atomic E-state index is 0.0169. The summed E-state index contributed by atoms with van der Waals surface area (Å²) in [6, 6.07) is 0. The molecule has 2 atom stereocenters. The quantitative estimate of drug-likeness (QED) is 0.503. The number of aliphatic hydroxyl groups is 1. The van der Waals surface area contributed by atoms with Crippen LogP contribution in [0.25, 0.3) is 0 Å². The monoisotopic (exact) mass is 286 g/mol. The van der Waals surface area contributed by atoms with Crippen LogP contribution >= 0.6 is 23.6 Å². The second-order valence-electron chi connectivity index (χ2n) is 3.34. The average Bonchev–Trinajstić information content (AvgIpc) is 2.28. The molecular formula is C8H12Cl2N2O5. The Morgan fingerprint density at radius 3 is 2.12 bits per heavy atom. The number of hydrogen-bond donors (Lipinski definition) is 4. The molecule has 0 aliphatic rings. The van der Waals surface area contributed by atoms with Gasteiger partial charge >= 0.3 is 5.97 Å². The largest absolute Gasteiger partial charge is 0.479 e. The van der Waals surface area contributed by atoms with Crippen LogP contribution in [0.15, 0.2) is 0 Å². The fourth-order valence-electron chi connectivity index (χ4n) is 1.43. The number of hydrogen-bond acceptors (Lipinski definition) is 4. The van der Waals surface area contributed by atoms with Crippen LogP contribution in [0.1, 0.15) is 19.8 Å². The Hall–Kier alpha value is -1.05.